The predicted octanol–water partition coefficient (Wildman–Crippen LogP) is 2.07. The summed E-state index contributed by atoms with van der Waals surface area (Å²) in [6, 6.07) is 10.6. The number of aryl methyl sites for hydroxylation is 1. The second-order valence-corrected chi connectivity index (χ2v) is 9.70. The minimum absolute atomic E-state index is 0.0294. The van der Waals surface area contributed by atoms with Crippen molar-refractivity contribution in [1.29, 1.82) is 0 Å². The molecular weight excluding hydrogens is 382 g/mol. The Bertz CT molecular complexity index is 856. The van der Waals surface area contributed by atoms with E-state index in [1.165, 1.54) is 4.31 Å². The minimum atomic E-state index is -3.48. The van der Waals surface area contributed by atoms with E-state index in [1.807, 2.05) is 48.4 Å². The monoisotopic (exact) mass is 407 g/mol. The molecule has 1 aromatic heterocycles. The highest BCUT2D eigenvalue weighted by Crippen LogP contribution is 2.19. The quantitative estimate of drug-likeness (QED) is 0.796. The zero-order chi connectivity index (χ0) is 19.4. The number of carbonyl (C=O) groups is 1. The molecule has 1 fully saturated rings. The Morgan fingerprint density at radius 2 is 1.81 bits per heavy atom. The number of hydrogen-bond donors (Lipinski definition) is 1. The van der Waals surface area contributed by atoms with Crippen LogP contribution >= 0.6 is 11.3 Å². The van der Waals surface area contributed by atoms with Crippen LogP contribution in [0, 0.1) is 6.92 Å². The molecule has 0 saturated carbocycles. The molecule has 8 heteroatoms. The lowest BCUT2D eigenvalue weighted by Crippen LogP contribution is -2.54. The normalized spacial score (nSPS) is 17.6. The molecular formula is C19H25N3O3S2. The number of piperazine rings is 1. The summed E-state index contributed by atoms with van der Waals surface area (Å²) >= 11 is 1.61. The highest BCUT2D eigenvalue weighted by atomic mass is 32.2. The molecule has 3 rings (SSSR count). The third-order valence-electron chi connectivity index (χ3n) is 4.88. The predicted molar refractivity (Wildman–Crippen MR) is 107 cm³/mol. The molecule has 27 heavy (non-hydrogen) atoms. The van der Waals surface area contributed by atoms with Crippen molar-refractivity contribution < 1.29 is 13.2 Å². The van der Waals surface area contributed by atoms with Crippen molar-refractivity contribution in [2.45, 2.75) is 31.3 Å². The fourth-order valence-corrected chi connectivity index (χ4v) is 5.16. The summed E-state index contributed by atoms with van der Waals surface area (Å²) in [5, 5.41) is 4.94. The smallest absolute Gasteiger partial charge is 0.243 e. The van der Waals surface area contributed by atoms with Gasteiger partial charge in [0.25, 0.3) is 0 Å². The Kier molecular flexibility index (Phi) is 6.31. The first-order chi connectivity index (χ1) is 12.9. The van der Waals surface area contributed by atoms with Crippen molar-refractivity contribution in [2.24, 2.45) is 0 Å². The molecule has 1 atom stereocenters. The van der Waals surface area contributed by atoms with Crippen LogP contribution in [0.3, 0.4) is 0 Å². The molecule has 2 aromatic rings. The van der Waals surface area contributed by atoms with Crippen LogP contribution in [-0.4, -0.2) is 55.8 Å². The van der Waals surface area contributed by atoms with Gasteiger partial charge in [-0.3, -0.25) is 9.69 Å². The summed E-state index contributed by atoms with van der Waals surface area (Å²) in [6.07, 6.45) is 0. The van der Waals surface area contributed by atoms with Crippen molar-refractivity contribution in [3.8, 4) is 0 Å². The van der Waals surface area contributed by atoms with Gasteiger partial charge in [-0.2, -0.15) is 4.31 Å². The number of thiophene rings is 1. The van der Waals surface area contributed by atoms with E-state index in [0.29, 0.717) is 37.6 Å². The van der Waals surface area contributed by atoms with E-state index in [9.17, 15) is 13.2 Å². The van der Waals surface area contributed by atoms with Crippen LogP contribution in [0.2, 0.25) is 0 Å². The summed E-state index contributed by atoms with van der Waals surface area (Å²) in [7, 11) is -3.48. The van der Waals surface area contributed by atoms with E-state index in [1.54, 1.807) is 23.5 Å². The Labute approximate surface area is 164 Å². The SMILES string of the molecule is Cc1ccc(S(=O)(=O)N2CCN(C(C)C(=O)NCc3cccs3)CC2)cc1. The zero-order valence-electron chi connectivity index (χ0n) is 15.6. The van der Waals surface area contributed by atoms with Crippen LogP contribution in [0.4, 0.5) is 0 Å². The maximum Gasteiger partial charge on any atom is 0.243 e. The van der Waals surface area contributed by atoms with Gasteiger partial charge < -0.3 is 5.32 Å². The molecule has 1 saturated heterocycles. The van der Waals surface area contributed by atoms with Gasteiger partial charge in [-0.25, -0.2) is 8.42 Å². The van der Waals surface area contributed by atoms with Gasteiger partial charge in [-0.05, 0) is 37.4 Å². The molecule has 1 aliphatic heterocycles. The highest BCUT2D eigenvalue weighted by molar-refractivity contribution is 7.89. The molecule has 1 aliphatic rings. The molecule has 2 heterocycles. The molecule has 1 unspecified atom stereocenters. The summed E-state index contributed by atoms with van der Waals surface area (Å²) in [5.74, 6) is -0.0294. The lowest BCUT2D eigenvalue weighted by Gasteiger charge is -2.36. The summed E-state index contributed by atoms with van der Waals surface area (Å²) in [5.41, 5.74) is 1.03. The molecule has 6 nitrogen and oxygen atoms in total. The van der Waals surface area contributed by atoms with Crippen molar-refractivity contribution >= 4 is 27.3 Å². The molecule has 1 amide bonds. The second kappa shape index (κ2) is 8.52. The van der Waals surface area contributed by atoms with Gasteiger partial charge in [0.15, 0.2) is 0 Å². The zero-order valence-corrected chi connectivity index (χ0v) is 17.2. The Hall–Kier alpha value is -1.74. The summed E-state index contributed by atoms with van der Waals surface area (Å²) < 4.78 is 27.0. The first-order valence-electron chi connectivity index (χ1n) is 8.99. The average Bonchev–Trinajstić information content (AvgIpc) is 3.19. The minimum Gasteiger partial charge on any atom is -0.350 e. The van der Waals surface area contributed by atoms with Crippen molar-refractivity contribution in [1.82, 2.24) is 14.5 Å². The van der Waals surface area contributed by atoms with Crippen LogP contribution in [0.25, 0.3) is 0 Å². The van der Waals surface area contributed by atoms with Crippen LogP contribution in [0.1, 0.15) is 17.4 Å². The van der Waals surface area contributed by atoms with Gasteiger partial charge in [0.1, 0.15) is 0 Å². The Balaban J connectivity index is 1.54. The van der Waals surface area contributed by atoms with Gasteiger partial charge in [-0.1, -0.05) is 23.8 Å². The van der Waals surface area contributed by atoms with Crippen molar-refractivity contribution in [3.63, 3.8) is 0 Å². The van der Waals surface area contributed by atoms with Crippen LogP contribution in [0.5, 0.6) is 0 Å². The topological polar surface area (TPSA) is 69.7 Å². The van der Waals surface area contributed by atoms with Crippen molar-refractivity contribution in [3.05, 3.63) is 52.2 Å². The first kappa shape index (κ1) is 20.0. The standard InChI is InChI=1S/C19H25N3O3S2/c1-15-5-7-18(8-6-15)27(24,25)22-11-9-21(10-12-22)16(2)19(23)20-14-17-4-3-13-26-17/h3-8,13,16H,9-12,14H2,1-2H3,(H,20,23). The number of carbonyl (C=O) groups excluding carboxylic acids is 1. The number of hydrogen-bond acceptors (Lipinski definition) is 5. The molecule has 0 spiro atoms. The maximum atomic E-state index is 12.8. The first-order valence-corrected chi connectivity index (χ1v) is 11.3. The van der Waals surface area contributed by atoms with E-state index in [0.717, 1.165) is 10.4 Å². The lowest BCUT2D eigenvalue weighted by atomic mass is 10.2. The third-order valence-corrected chi connectivity index (χ3v) is 7.67. The highest BCUT2D eigenvalue weighted by Gasteiger charge is 2.31. The van der Waals surface area contributed by atoms with Crippen LogP contribution in [-0.2, 0) is 21.4 Å². The van der Waals surface area contributed by atoms with Gasteiger partial charge >= 0.3 is 0 Å². The van der Waals surface area contributed by atoms with Crippen LogP contribution in [0.15, 0.2) is 46.7 Å². The van der Waals surface area contributed by atoms with E-state index in [4.69, 9.17) is 0 Å². The van der Waals surface area contributed by atoms with Gasteiger partial charge in [0, 0.05) is 31.1 Å². The fraction of sp³-hybridized carbons (Fsp3) is 0.421. The fourth-order valence-electron chi connectivity index (χ4n) is 3.09. The van der Waals surface area contributed by atoms with E-state index < -0.39 is 10.0 Å². The Morgan fingerprint density at radius 3 is 2.41 bits per heavy atom. The average molecular weight is 408 g/mol. The van der Waals surface area contributed by atoms with Crippen LogP contribution < -0.4 is 5.32 Å². The Morgan fingerprint density at radius 1 is 1.15 bits per heavy atom. The molecule has 0 bridgehead atoms. The molecule has 1 aromatic carbocycles. The van der Waals surface area contributed by atoms with E-state index in [2.05, 4.69) is 5.32 Å². The van der Waals surface area contributed by atoms with Gasteiger partial charge in [-0.15, -0.1) is 11.3 Å². The number of sulfonamides is 1. The molecule has 0 radical (unpaired) electrons. The largest absolute Gasteiger partial charge is 0.350 e. The number of benzene rings is 1. The lowest BCUT2D eigenvalue weighted by molar-refractivity contribution is -0.126. The molecule has 146 valence electrons. The van der Waals surface area contributed by atoms with E-state index >= 15 is 0 Å². The number of amides is 1. The number of nitrogens with one attached hydrogen (secondary N) is 1. The maximum absolute atomic E-state index is 12.8. The van der Waals surface area contributed by atoms with E-state index in [-0.39, 0.29) is 11.9 Å². The third kappa shape index (κ3) is 4.76. The summed E-state index contributed by atoms with van der Waals surface area (Å²) in [6.45, 7) is 6.19. The van der Waals surface area contributed by atoms with Gasteiger partial charge in [0.2, 0.25) is 15.9 Å². The molecule has 0 aliphatic carbocycles. The molecule has 1 N–H and O–H groups in total. The second-order valence-electron chi connectivity index (χ2n) is 6.73. The van der Waals surface area contributed by atoms with Crippen molar-refractivity contribution in [2.75, 3.05) is 26.2 Å². The summed E-state index contributed by atoms with van der Waals surface area (Å²) in [4.78, 5) is 15.9. The number of nitrogens with zero attached hydrogens (tertiary/aromatic N) is 2. The number of rotatable bonds is 6. The van der Waals surface area contributed by atoms with Gasteiger partial charge in [0.05, 0.1) is 17.5 Å².